The predicted octanol–water partition coefficient (Wildman–Crippen LogP) is 5.36. The van der Waals surface area contributed by atoms with E-state index in [0.29, 0.717) is 38.5 Å². The molecule has 5 rings (SSSR count). The number of fused-ring (bicyclic) bond motifs is 1. The Morgan fingerprint density at radius 1 is 1.10 bits per heavy atom. The summed E-state index contributed by atoms with van der Waals surface area (Å²) in [6.07, 6.45) is 3.52. The van der Waals surface area contributed by atoms with Gasteiger partial charge in [-0.2, -0.15) is 5.26 Å². The molecule has 0 fully saturated rings. The first-order chi connectivity index (χ1) is 20.3. The standard InChI is InChI=1S/C33H29N3O4S2/c1-20(2)40-32(38)29-21(3)35-33-36(30(29)25-11-15-27(41-4)16-12-25)31(37)28(42-33)17-22-9-13-26(14-10-22)39-19-24-7-5-23(18-34)6-8-24/h5-17,20,30H,19H2,1-4H3/b28-17-/t30-/m1/s1. The van der Waals surface area contributed by atoms with Crippen LogP contribution in [0.1, 0.15) is 49.1 Å². The molecule has 0 unspecified atom stereocenters. The van der Waals surface area contributed by atoms with Gasteiger partial charge in [0.15, 0.2) is 4.80 Å². The number of carbonyl (C=O) groups is 1. The molecule has 2 heterocycles. The van der Waals surface area contributed by atoms with E-state index < -0.39 is 12.0 Å². The lowest BCUT2D eigenvalue weighted by Gasteiger charge is -2.25. The first-order valence-corrected chi connectivity index (χ1v) is 15.4. The number of allylic oxidation sites excluding steroid dienone is 1. The van der Waals surface area contributed by atoms with Gasteiger partial charge in [0.1, 0.15) is 12.4 Å². The van der Waals surface area contributed by atoms with Crippen LogP contribution in [0.3, 0.4) is 0 Å². The molecule has 1 aromatic heterocycles. The molecule has 7 nitrogen and oxygen atoms in total. The van der Waals surface area contributed by atoms with Crippen LogP contribution in [-0.2, 0) is 16.1 Å². The van der Waals surface area contributed by atoms with Crippen molar-refractivity contribution in [1.82, 2.24) is 4.57 Å². The van der Waals surface area contributed by atoms with Crippen molar-refractivity contribution >= 4 is 35.1 Å². The number of hydrogen-bond donors (Lipinski definition) is 0. The Bertz CT molecular complexity index is 1860. The van der Waals surface area contributed by atoms with Crippen molar-refractivity contribution in [1.29, 1.82) is 5.26 Å². The van der Waals surface area contributed by atoms with Crippen molar-refractivity contribution in [2.24, 2.45) is 4.99 Å². The first-order valence-electron chi connectivity index (χ1n) is 13.4. The molecule has 9 heteroatoms. The van der Waals surface area contributed by atoms with Crippen molar-refractivity contribution < 1.29 is 14.3 Å². The van der Waals surface area contributed by atoms with Crippen molar-refractivity contribution in [3.63, 3.8) is 0 Å². The molecule has 1 aliphatic rings. The van der Waals surface area contributed by atoms with E-state index >= 15 is 0 Å². The van der Waals surface area contributed by atoms with Gasteiger partial charge in [0.25, 0.3) is 5.56 Å². The Hall–Kier alpha value is -4.39. The first kappa shape index (κ1) is 29.1. The van der Waals surface area contributed by atoms with E-state index in [0.717, 1.165) is 21.6 Å². The van der Waals surface area contributed by atoms with Crippen LogP contribution in [0, 0.1) is 11.3 Å². The lowest BCUT2D eigenvalue weighted by atomic mass is 9.96. The van der Waals surface area contributed by atoms with Crippen LogP contribution in [0.15, 0.2) is 98.7 Å². The predicted molar refractivity (Wildman–Crippen MR) is 165 cm³/mol. The van der Waals surface area contributed by atoms with Crippen LogP contribution in [0.4, 0.5) is 0 Å². The highest BCUT2D eigenvalue weighted by atomic mass is 32.2. The van der Waals surface area contributed by atoms with Crippen LogP contribution in [0.2, 0.25) is 0 Å². The molecule has 4 aromatic rings. The van der Waals surface area contributed by atoms with Crippen LogP contribution in [-0.4, -0.2) is 22.9 Å². The molecular formula is C33H29N3O4S2. The van der Waals surface area contributed by atoms with Crippen molar-refractivity contribution in [2.75, 3.05) is 6.26 Å². The SMILES string of the molecule is CSc1ccc([C@@H]2C(C(=O)OC(C)C)=C(C)N=c3s/c(=C\c4ccc(OCc5ccc(C#N)cc5)cc4)c(=O)n32)cc1. The lowest BCUT2D eigenvalue weighted by Crippen LogP contribution is -2.40. The zero-order valence-electron chi connectivity index (χ0n) is 23.7. The number of nitrogens with zero attached hydrogens (tertiary/aromatic N) is 3. The number of aromatic nitrogens is 1. The summed E-state index contributed by atoms with van der Waals surface area (Å²) in [7, 11) is 0. The highest BCUT2D eigenvalue weighted by Crippen LogP contribution is 2.32. The third-order valence-electron chi connectivity index (χ3n) is 6.68. The minimum atomic E-state index is -0.649. The van der Waals surface area contributed by atoms with Gasteiger partial charge < -0.3 is 9.47 Å². The number of rotatable bonds is 8. The van der Waals surface area contributed by atoms with Crippen molar-refractivity contribution in [3.8, 4) is 11.8 Å². The van der Waals surface area contributed by atoms with Crippen LogP contribution >= 0.6 is 23.1 Å². The molecule has 0 spiro atoms. The molecule has 212 valence electrons. The summed E-state index contributed by atoms with van der Waals surface area (Å²) in [5, 5.41) is 8.96. The summed E-state index contributed by atoms with van der Waals surface area (Å²) >= 11 is 2.92. The Morgan fingerprint density at radius 3 is 2.40 bits per heavy atom. The van der Waals surface area contributed by atoms with E-state index in [1.807, 2.05) is 73.0 Å². The van der Waals surface area contributed by atoms with Gasteiger partial charge in [0, 0.05) is 4.90 Å². The summed E-state index contributed by atoms with van der Waals surface area (Å²) in [5.41, 5.74) is 3.90. The molecule has 0 aliphatic carbocycles. The Labute approximate surface area is 252 Å². The molecule has 3 aromatic carbocycles. The highest BCUT2D eigenvalue weighted by Gasteiger charge is 2.33. The van der Waals surface area contributed by atoms with E-state index in [1.54, 1.807) is 49.2 Å². The van der Waals surface area contributed by atoms with Gasteiger partial charge >= 0.3 is 5.97 Å². The van der Waals surface area contributed by atoms with Crippen LogP contribution in [0.25, 0.3) is 6.08 Å². The van der Waals surface area contributed by atoms with Crippen molar-refractivity contribution in [2.45, 2.75) is 44.4 Å². The largest absolute Gasteiger partial charge is 0.489 e. The molecule has 42 heavy (non-hydrogen) atoms. The topological polar surface area (TPSA) is 93.7 Å². The molecular weight excluding hydrogens is 567 g/mol. The number of ether oxygens (including phenoxy) is 2. The zero-order valence-corrected chi connectivity index (χ0v) is 25.3. The minimum Gasteiger partial charge on any atom is -0.489 e. The average Bonchev–Trinajstić information content (AvgIpc) is 3.29. The minimum absolute atomic E-state index is 0.221. The van der Waals surface area contributed by atoms with Gasteiger partial charge in [-0.05, 0) is 86.2 Å². The molecule has 0 bridgehead atoms. The van der Waals surface area contributed by atoms with E-state index in [9.17, 15) is 9.59 Å². The Balaban J connectivity index is 1.47. The van der Waals surface area contributed by atoms with Crippen LogP contribution < -0.4 is 19.6 Å². The van der Waals surface area contributed by atoms with Gasteiger partial charge in [0.05, 0.1) is 39.6 Å². The van der Waals surface area contributed by atoms with Gasteiger partial charge in [-0.3, -0.25) is 9.36 Å². The number of hydrogen-bond acceptors (Lipinski definition) is 8. The van der Waals surface area contributed by atoms with Gasteiger partial charge in [-0.1, -0.05) is 47.7 Å². The molecule has 1 aliphatic heterocycles. The van der Waals surface area contributed by atoms with Gasteiger partial charge in [-0.15, -0.1) is 11.8 Å². The molecule has 0 radical (unpaired) electrons. The molecule has 0 amide bonds. The summed E-state index contributed by atoms with van der Waals surface area (Å²) < 4.78 is 13.6. The summed E-state index contributed by atoms with van der Waals surface area (Å²) in [6, 6.07) is 24.1. The second kappa shape index (κ2) is 12.6. The fourth-order valence-electron chi connectivity index (χ4n) is 4.62. The van der Waals surface area contributed by atoms with E-state index in [1.165, 1.54) is 11.3 Å². The normalized spacial score (nSPS) is 14.8. The Morgan fingerprint density at radius 2 is 1.79 bits per heavy atom. The lowest BCUT2D eigenvalue weighted by molar-refractivity contribution is -0.143. The molecule has 0 N–H and O–H groups in total. The summed E-state index contributed by atoms with van der Waals surface area (Å²) in [5.74, 6) is 0.214. The number of benzene rings is 3. The fourth-order valence-corrected chi connectivity index (χ4v) is 6.07. The summed E-state index contributed by atoms with van der Waals surface area (Å²) in [6.45, 7) is 5.76. The Kier molecular flexibility index (Phi) is 8.76. The number of nitriles is 1. The maximum Gasteiger partial charge on any atom is 0.338 e. The fraction of sp³-hybridized carbons (Fsp3) is 0.212. The van der Waals surface area contributed by atoms with Crippen molar-refractivity contribution in [3.05, 3.63) is 126 Å². The quantitative estimate of drug-likeness (QED) is 0.201. The number of carbonyl (C=O) groups excluding carboxylic acids is 1. The second-order valence-corrected chi connectivity index (χ2v) is 11.9. The molecule has 0 saturated carbocycles. The molecule has 1 atom stereocenters. The highest BCUT2D eigenvalue weighted by molar-refractivity contribution is 7.98. The molecule has 0 saturated heterocycles. The third-order valence-corrected chi connectivity index (χ3v) is 8.41. The summed E-state index contributed by atoms with van der Waals surface area (Å²) in [4.78, 5) is 33.4. The third kappa shape index (κ3) is 6.25. The van der Waals surface area contributed by atoms with E-state index in [2.05, 4.69) is 11.1 Å². The number of esters is 1. The van der Waals surface area contributed by atoms with Gasteiger partial charge in [0.2, 0.25) is 0 Å². The van der Waals surface area contributed by atoms with Crippen LogP contribution in [0.5, 0.6) is 5.75 Å². The number of thiazole rings is 1. The van der Waals surface area contributed by atoms with Gasteiger partial charge in [-0.25, -0.2) is 9.79 Å². The zero-order chi connectivity index (χ0) is 29.8. The monoisotopic (exact) mass is 595 g/mol. The van der Waals surface area contributed by atoms with E-state index in [4.69, 9.17) is 14.7 Å². The van der Waals surface area contributed by atoms with E-state index in [-0.39, 0.29) is 11.7 Å². The number of thioether (sulfide) groups is 1. The maximum atomic E-state index is 13.9. The average molecular weight is 596 g/mol. The maximum absolute atomic E-state index is 13.9. The second-order valence-electron chi connectivity index (χ2n) is 9.98. The smallest absolute Gasteiger partial charge is 0.338 e.